The maximum atomic E-state index is 14.1. The molecule has 1 heterocycles. The number of hydrogen-bond donors (Lipinski definition) is 1. The lowest BCUT2D eigenvalue weighted by Gasteiger charge is -2.35. The molecule has 6 nitrogen and oxygen atoms in total. The Morgan fingerprint density at radius 1 is 0.857 bits per heavy atom. The van der Waals surface area contributed by atoms with Crippen molar-refractivity contribution in [2.75, 3.05) is 25.1 Å². The van der Waals surface area contributed by atoms with Gasteiger partial charge < -0.3 is 19.5 Å². The second-order valence-corrected chi connectivity index (χ2v) is 8.24. The van der Waals surface area contributed by atoms with Gasteiger partial charge in [-0.3, -0.25) is 4.79 Å². The van der Waals surface area contributed by atoms with E-state index in [1.807, 2.05) is 74.5 Å². The molecule has 0 amide bonds. The van der Waals surface area contributed by atoms with Gasteiger partial charge in [-0.15, -0.1) is 0 Å². The van der Waals surface area contributed by atoms with Gasteiger partial charge in [-0.25, -0.2) is 4.79 Å². The molecule has 0 aromatic heterocycles. The Balaban J connectivity index is 1.82. The minimum absolute atomic E-state index is 0.116. The summed E-state index contributed by atoms with van der Waals surface area (Å²) in [5, 5.41) is 3.55. The Morgan fingerprint density at radius 3 is 2.23 bits per heavy atom. The molecule has 0 saturated carbocycles. The molecule has 0 radical (unpaired) electrons. The van der Waals surface area contributed by atoms with Gasteiger partial charge in [0.1, 0.15) is 0 Å². The van der Waals surface area contributed by atoms with E-state index in [2.05, 4.69) is 5.32 Å². The minimum Gasteiger partial charge on any atom is -0.462 e. The van der Waals surface area contributed by atoms with Crippen molar-refractivity contribution in [1.82, 2.24) is 0 Å². The summed E-state index contributed by atoms with van der Waals surface area (Å²) in [5.74, 6) is -1.15. The first-order valence-corrected chi connectivity index (χ1v) is 12.1. The summed E-state index contributed by atoms with van der Waals surface area (Å²) in [6.45, 7) is 6.89. The number of carbonyl (C=O) groups is 2. The van der Waals surface area contributed by atoms with Crippen LogP contribution in [0.3, 0.4) is 0 Å². The third-order valence-corrected chi connectivity index (χ3v) is 6.07. The van der Waals surface area contributed by atoms with E-state index in [-0.39, 0.29) is 24.0 Å². The van der Waals surface area contributed by atoms with Crippen LogP contribution in [-0.2, 0) is 14.2 Å². The van der Waals surface area contributed by atoms with Crippen LogP contribution in [0.5, 0.6) is 0 Å². The van der Waals surface area contributed by atoms with E-state index in [4.69, 9.17) is 14.2 Å². The zero-order chi connectivity index (χ0) is 24.8. The molecule has 6 heteroatoms. The Bertz CT molecular complexity index is 1170. The smallest absolute Gasteiger partial charge is 0.338 e. The van der Waals surface area contributed by atoms with E-state index < -0.39 is 18.2 Å². The number of anilines is 1. The molecule has 4 rings (SSSR count). The van der Waals surface area contributed by atoms with E-state index in [1.165, 1.54) is 0 Å². The Hall–Kier alpha value is -3.48. The first-order chi connectivity index (χ1) is 17.1. The van der Waals surface area contributed by atoms with Crippen molar-refractivity contribution in [3.05, 3.63) is 101 Å². The molecule has 0 aliphatic carbocycles. The fourth-order valence-corrected chi connectivity index (χ4v) is 4.60. The molecule has 3 aromatic carbocycles. The van der Waals surface area contributed by atoms with Crippen LogP contribution >= 0.6 is 0 Å². The number of nitrogens with one attached hydrogen (secondary N) is 1. The van der Waals surface area contributed by atoms with Crippen LogP contribution in [0.4, 0.5) is 5.69 Å². The highest BCUT2D eigenvalue weighted by atomic mass is 16.7. The lowest BCUT2D eigenvalue weighted by Crippen LogP contribution is -2.33. The molecule has 1 N–H and O–H groups in total. The number of esters is 1. The maximum absolute atomic E-state index is 14.1. The number of rotatable bonds is 9. The molecule has 2 atom stereocenters. The van der Waals surface area contributed by atoms with E-state index in [0.717, 1.165) is 16.7 Å². The van der Waals surface area contributed by atoms with Gasteiger partial charge >= 0.3 is 5.97 Å². The third kappa shape index (κ3) is 5.14. The zero-order valence-electron chi connectivity index (χ0n) is 20.3. The highest BCUT2D eigenvalue weighted by molar-refractivity contribution is 6.14. The third-order valence-electron chi connectivity index (χ3n) is 6.07. The standard InChI is InChI=1S/C29H31NO5/c1-4-33-28(32)22-16-11-17-23-25(22)27(31)24(19-12-8-7-9-13-19)26(30-23)20-14-10-15-21(18-20)29(34-5-2)35-6-3/h7-18,24,26,29-30H,4-6H2,1-3H3. The SMILES string of the molecule is CCOC(=O)c1cccc2c1C(=O)C(c1ccccc1)C(c1cccc(C(OCC)OCC)c1)N2. The molecule has 0 saturated heterocycles. The molecule has 2 unspecified atom stereocenters. The molecule has 35 heavy (non-hydrogen) atoms. The Kier molecular flexibility index (Phi) is 7.95. The van der Waals surface area contributed by atoms with Crippen molar-refractivity contribution in [1.29, 1.82) is 0 Å². The highest BCUT2D eigenvalue weighted by Gasteiger charge is 2.40. The molecule has 3 aromatic rings. The summed E-state index contributed by atoms with van der Waals surface area (Å²) in [6.07, 6.45) is -0.484. The number of Topliss-reactive ketones (excluding diaryl/α,β-unsaturated/α-hetero) is 1. The molecule has 1 aliphatic rings. The predicted octanol–water partition coefficient (Wildman–Crippen LogP) is 6.07. The van der Waals surface area contributed by atoms with Crippen LogP contribution in [0.1, 0.15) is 76.4 Å². The molecule has 0 fully saturated rings. The summed E-state index contributed by atoms with van der Waals surface area (Å²) in [5.41, 5.74) is 3.96. The van der Waals surface area contributed by atoms with Gasteiger partial charge in [-0.05, 0) is 50.1 Å². The number of carbonyl (C=O) groups excluding carboxylic acids is 2. The van der Waals surface area contributed by atoms with Gasteiger partial charge in [0.05, 0.1) is 29.7 Å². The van der Waals surface area contributed by atoms with Gasteiger partial charge in [0.2, 0.25) is 0 Å². The average molecular weight is 474 g/mol. The predicted molar refractivity (Wildman–Crippen MR) is 135 cm³/mol. The van der Waals surface area contributed by atoms with Crippen LogP contribution in [-0.4, -0.2) is 31.6 Å². The number of hydrogen-bond acceptors (Lipinski definition) is 6. The van der Waals surface area contributed by atoms with Crippen molar-refractivity contribution < 1.29 is 23.8 Å². The van der Waals surface area contributed by atoms with Gasteiger partial charge in [0, 0.05) is 24.5 Å². The van der Waals surface area contributed by atoms with Crippen molar-refractivity contribution in [2.45, 2.75) is 39.0 Å². The molecule has 182 valence electrons. The van der Waals surface area contributed by atoms with Crippen LogP contribution in [0.2, 0.25) is 0 Å². The summed E-state index contributed by atoms with van der Waals surface area (Å²) in [7, 11) is 0. The fraction of sp³-hybridized carbons (Fsp3) is 0.310. The number of ether oxygens (including phenoxy) is 3. The molecular formula is C29H31NO5. The van der Waals surface area contributed by atoms with E-state index in [1.54, 1.807) is 19.1 Å². The minimum atomic E-state index is -0.535. The maximum Gasteiger partial charge on any atom is 0.338 e. The average Bonchev–Trinajstić information content (AvgIpc) is 2.89. The molecular weight excluding hydrogens is 442 g/mol. The van der Waals surface area contributed by atoms with Crippen molar-refractivity contribution in [3.8, 4) is 0 Å². The molecule has 0 spiro atoms. The first kappa shape index (κ1) is 24.6. The normalized spacial score (nSPS) is 17.1. The first-order valence-electron chi connectivity index (χ1n) is 12.1. The lowest BCUT2D eigenvalue weighted by atomic mass is 9.77. The number of fused-ring (bicyclic) bond motifs is 1. The largest absolute Gasteiger partial charge is 0.462 e. The number of ketones is 1. The van der Waals surface area contributed by atoms with Crippen molar-refractivity contribution in [3.63, 3.8) is 0 Å². The second-order valence-electron chi connectivity index (χ2n) is 8.24. The zero-order valence-corrected chi connectivity index (χ0v) is 20.3. The monoisotopic (exact) mass is 473 g/mol. The Labute approximate surface area is 206 Å². The quantitative estimate of drug-likeness (QED) is 0.300. The summed E-state index contributed by atoms with van der Waals surface area (Å²) in [6, 6.07) is 22.5. The van der Waals surface area contributed by atoms with E-state index in [0.29, 0.717) is 24.5 Å². The number of benzene rings is 3. The van der Waals surface area contributed by atoms with Gasteiger partial charge in [-0.1, -0.05) is 54.6 Å². The second kappa shape index (κ2) is 11.3. The van der Waals surface area contributed by atoms with Gasteiger partial charge in [0.25, 0.3) is 0 Å². The van der Waals surface area contributed by atoms with Gasteiger partial charge in [0.15, 0.2) is 12.1 Å². The Morgan fingerprint density at radius 2 is 1.54 bits per heavy atom. The molecule has 1 aliphatic heterocycles. The van der Waals surface area contributed by atoms with E-state index >= 15 is 0 Å². The van der Waals surface area contributed by atoms with Crippen molar-refractivity contribution >= 4 is 17.4 Å². The van der Waals surface area contributed by atoms with Crippen LogP contribution < -0.4 is 5.32 Å². The fourth-order valence-electron chi connectivity index (χ4n) is 4.60. The summed E-state index contributed by atoms with van der Waals surface area (Å²) >= 11 is 0. The summed E-state index contributed by atoms with van der Waals surface area (Å²) in [4.78, 5) is 26.7. The van der Waals surface area contributed by atoms with E-state index in [9.17, 15) is 9.59 Å². The molecule has 0 bridgehead atoms. The van der Waals surface area contributed by atoms with Gasteiger partial charge in [-0.2, -0.15) is 0 Å². The van der Waals surface area contributed by atoms with Crippen LogP contribution in [0.25, 0.3) is 0 Å². The topological polar surface area (TPSA) is 73.9 Å². The lowest BCUT2D eigenvalue weighted by molar-refractivity contribution is -0.140. The highest BCUT2D eigenvalue weighted by Crippen LogP contribution is 2.44. The van der Waals surface area contributed by atoms with Crippen molar-refractivity contribution in [2.24, 2.45) is 0 Å². The summed E-state index contributed by atoms with van der Waals surface area (Å²) < 4.78 is 16.8. The van der Waals surface area contributed by atoms with Crippen LogP contribution in [0, 0.1) is 0 Å². The van der Waals surface area contributed by atoms with Crippen LogP contribution in [0.15, 0.2) is 72.8 Å².